The molecule has 3 saturated heterocycles. The van der Waals surface area contributed by atoms with Crippen LogP contribution in [0.25, 0.3) is 44.8 Å². The third kappa shape index (κ3) is 16.2. The molecular weight excluding hydrogens is 1480 g/mol. The van der Waals surface area contributed by atoms with Gasteiger partial charge in [0.2, 0.25) is 11.8 Å². The SMILES string of the molecule is Cc1cc(-c2cccc(C(F)(F)F)c2)nc2c1N1CC[C@@H](C1)N2C(=O)Nc1ccnc(OC[C@@H](O)CO)c1.Cc1cc2c(nc1-c1cccc(C(F)F)c1)N(C(=O)Nc1ccnc(OC[C@@H](O)CO)c1)C1CCN2C1.Cc1ccc2c(NC(=O)N3c4nc(-c5cccc(C(F)(F)F)c5)c(Cl)cc4N4CC[C@H]3C4)n[nH]c2n1. The number of aryl methyl sites for hydroxylation is 3. The molecule has 6 bridgehead atoms. The Bertz CT molecular complexity index is 5180. The molecule has 111 heavy (non-hydrogen) atoms. The summed E-state index contributed by atoms with van der Waals surface area (Å²) in [6.45, 7) is 8.50. The predicted molar refractivity (Wildman–Crippen MR) is 399 cm³/mol. The molecule has 6 aliphatic heterocycles. The monoisotopic (exact) mass is 1550 g/mol. The second-order valence-electron chi connectivity index (χ2n) is 27.3. The van der Waals surface area contributed by atoms with Gasteiger partial charge >= 0.3 is 30.4 Å². The molecule has 16 rings (SSSR count). The molecular formula is C76H72ClF8N17O9. The van der Waals surface area contributed by atoms with Crippen LogP contribution in [0.3, 0.4) is 0 Å². The van der Waals surface area contributed by atoms with E-state index in [0.717, 1.165) is 72.0 Å². The number of nitrogens with zero attached hydrogens (tertiary/aromatic N) is 13. The third-order valence-corrected chi connectivity index (χ3v) is 19.9. The van der Waals surface area contributed by atoms with Gasteiger partial charge in [-0.05, 0) is 124 Å². The topological polar surface area (TPSA) is 312 Å². The summed E-state index contributed by atoms with van der Waals surface area (Å²) in [5, 5.41) is 53.3. The van der Waals surface area contributed by atoms with Crippen LogP contribution in [-0.4, -0.2) is 175 Å². The molecule has 0 spiro atoms. The molecule has 10 aromatic rings. The van der Waals surface area contributed by atoms with Crippen molar-refractivity contribution in [2.24, 2.45) is 0 Å². The van der Waals surface area contributed by atoms with Crippen molar-refractivity contribution in [2.75, 3.05) is 111 Å². The molecule has 35 heteroatoms. The van der Waals surface area contributed by atoms with Gasteiger partial charge in [-0.25, -0.2) is 53.1 Å². The van der Waals surface area contributed by atoms with Gasteiger partial charge in [0.1, 0.15) is 25.4 Å². The summed E-state index contributed by atoms with van der Waals surface area (Å²) in [5.74, 6) is 1.88. The van der Waals surface area contributed by atoms with Crippen molar-refractivity contribution in [1.82, 2.24) is 40.1 Å². The molecule has 3 aromatic carbocycles. The quantitative estimate of drug-likeness (QED) is 0.0442. The molecule has 0 saturated carbocycles. The minimum Gasteiger partial charge on any atom is -0.475 e. The normalized spacial score (nSPS) is 17.1. The minimum atomic E-state index is -4.51. The van der Waals surface area contributed by atoms with Gasteiger partial charge in [-0.1, -0.05) is 54.1 Å². The summed E-state index contributed by atoms with van der Waals surface area (Å²) in [6, 6.07) is 29.5. The number of carbonyl (C=O) groups excluding carboxylic acids is 3. The molecule has 578 valence electrons. The van der Waals surface area contributed by atoms with E-state index in [4.69, 9.17) is 41.3 Å². The van der Waals surface area contributed by atoms with Gasteiger partial charge in [0, 0.05) is 103 Å². The average Bonchev–Trinajstić information content (AvgIpc) is 1.70. The van der Waals surface area contributed by atoms with E-state index in [0.29, 0.717) is 113 Å². The fourth-order valence-electron chi connectivity index (χ4n) is 14.3. The Morgan fingerprint density at radius 2 is 1.07 bits per heavy atom. The smallest absolute Gasteiger partial charge is 0.416 e. The van der Waals surface area contributed by atoms with Crippen LogP contribution >= 0.6 is 11.6 Å². The second kappa shape index (κ2) is 31.4. The molecule has 7 aromatic heterocycles. The summed E-state index contributed by atoms with van der Waals surface area (Å²) >= 11 is 6.51. The van der Waals surface area contributed by atoms with Gasteiger partial charge in [-0.15, -0.1) is 0 Å². The van der Waals surface area contributed by atoms with Crippen LogP contribution in [-0.2, 0) is 12.4 Å². The van der Waals surface area contributed by atoms with E-state index in [1.165, 1.54) is 54.9 Å². The number of hydrogen-bond acceptors (Lipinski definition) is 19. The number of benzene rings is 3. The van der Waals surface area contributed by atoms with Gasteiger partial charge in [0.05, 0.1) is 87.0 Å². The lowest BCUT2D eigenvalue weighted by Crippen LogP contribution is -2.48. The number of ether oxygens (including phenoxy) is 2. The van der Waals surface area contributed by atoms with Crippen LogP contribution in [0.5, 0.6) is 11.8 Å². The Morgan fingerprint density at radius 3 is 1.64 bits per heavy atom. The maximum Gasteiger partial charge on any atom is 0.416 e. The lowest BCUT2D eigenvalue weighted by molar-refractivity contribution is -0.138. The standard InChI is InChI=1S/C26H26F3N5O4.C26H27F2N5O4.C24H19ClF3N7O/c1-15-9-21(16-3-2-4-17(10-16)26(27,28)29)32-24-23(15)33-8-6-19(12-33)34(24)25(37)31-18-5-7-30-22(11-18)38-14-20(36)13-35;1-15-9-21-25(31-23(15)16-3-2-4-17(10-16)24(27)28)33(19-6-8-32(21)12-19)26(36)30-18-5-7-29-22(11-18)37-14-20(35)13-34;1-12-5-6-16-20(29-12)32-33-21(16)31-23(36)35-15-7-8-34(11-15)18-10-17(25)19(30-22(18)35)13-3-2-4-14(9-13)24(26,27)28/h2-5,7,9-11,19-20,35-36H,6,8,12-14H2,1H3,(H,30,31,37);2-5,7,9-11,19-20,24,34-35H,6,8,12-14H2,1H3,(H,29,30,36);2-6,9-10,15H,7-8,11H2,1H3,(H2,29,31,32,33,36)/t19-,20-;19?,20-;15-/m000/s1. The van der Waals surface area contributed by atoms with Crippen molar-refractivity contribution >= 4 is 92.4 Å². The molecule has 8 N–H and O–H groups in total. The summed E-state index contributed by atoms with van der Waals surface area (Å²) in [4.78, 5) is 78.5. The van der Waals surface area contributed by atoms with Crippen LogP contribution in [0.2, 0.25) is 5.02 Å². The van der Waals surface area contributed by atoms with Gasteiger partial charge in [-0.2, -0.15) is 31.4 Å². The van der Waals surface area contributed by atoms with E-state index in [9.17, 15) is 59.7 Å². The highest BCUT2D eigenvalue weighted by Gasteiger charge is 2.45. The first kappa shape index (κ1) is 76.2. The van der Waals surface area contributed by atoms with Crippen LogP contribution in [0.4, 0.5) is 101 Å². The molecule has 26 nitrogen and oxygen atoms in total. The van der Waals surface area contributed by atoms with Crippen molar-refractivity contribution in [3.63, 3.8) is 0 Å². The van der Waals surface area contributed by atoms with Crippen molar-refractivity contribution in [3.8, 4) is 45.5 Å². The number of carbonyl (C=O) groups is 3. The number of urea groups is 3. The maximum atomic E-state index is 13.6. The molecule has 3 fully saturated rings. The number of aliphatic hydroxyl groups excluding tert-OH is 4. The van der Waals surface area contributed by atoms with Crippen molar-refractivity contribution < 1.29 is 79.4 Å². The maximum absolute atomic E-state index is 13.6. The lowest BCUT2D eigenvalue weighted by Gasteiger charge is -2.37. The van der Waals surface area contributed by atoms with E-state index in [-0.39, 0.29) is 71.0 Å². The molecule has 0 aliphatic carbocycles. The Labute approximate surface area is 633 Å². The van der Waals surface area contributed by atoms with Crippen LogP contribution in [0.1, 0.15) is 59.2 Å². The number of aliphatic hydroxyl groups is 4. The van der Waals surface area contributed by atoms with Gasteiger partial charge in [0.15, 0.2) is 28.9 Å². The Kier molecular flexibility index (Phi) is 21.6. The Hall–Kier alpha value is -11.6. The van der Waals surface area contributed by atoms with E-state index >= 15 is 0 Å². The third-order valence-electron chi connectivity index (χ3n) is 19.6. The lowest BCUT2D eigenvalue weighted by atomic mass is 10.0. The van der Waals surface area contributed by atoms with Crippen molar-refractivity contribution in [3.05, 3.63) is 178 Å². The number of amides is 6. The Balaban J connectivity index is 0.000000139. The molecule has 5 atom stereocenters. The number of anilines is 9. The van der Waals surface area contributed by atoms with Crippen LogP contribution < -0.4 is 54.8 Å². The largest absolute Gasteiger partial charge is 0.475 e. The van der Waals surface area contributed by atoms with E-state index in [1.54, 1.807) is 57.2 Å². The number of aromatic nitrogens is 8. The number of aromatic amines is 1. The minimum absolute atomic E-state index is 0.0861. The summed E-state index contributed by atoms with van der Waals surface area (Å²) in [5.41, 5.74) is 6.57. The fourth-order valence-corrected chi connectivity index (χ4v) is 14.5. The number of alkyl halides is 8. The number of H-pyrrole nitrogens is 1. The first-order valence-corrected chi connectivity index (χ1v) is 35.6. The summed E-state index contributed by atoms with van der Waals surface area (Å²) in [7, 11) is 0. The van der Waals surface area contributed by atoms with Crippen molar-refractivity contribution in [2.45, 2.75) is 89.1 Å². The number of fused-ring (bicyclic) bond motifs is 13. The van der Waals surface area contributed by atoms with Gasteiger partial charge in [-0.3, -0.25) is 25.1 Å². The second-order valence-corrected chi connectivity index (χ2v) is 27.7. The van der Waals surface area contributed by atoms with Gasteiger partial charge < -0.3 is 55.2 Å². The predicted octanol–water partition coefficient (Wildman–Crippen LogP) is 13.2. The first-order chi connectivity index (χ1) is 53.2. The Morgan fingerprint density at radius 1 is 0.568 bits per heavy atom. The zero-order chi connectivity index (χ0) is 78.3. The molecule has 0 radical (unpaired) electrons. The van der Waals surface area contributed by atoms with Crippen molar-refractivity contribution in [1.29, 1.82) is 0 Å². The molecule has 6 amide bonds. The number of nitrogens with one attached hydrogen (secondary N) is 4. The van der Waals surface area contributed by atoms with Crippen LogP contribution in [0.15, 0.2) is 140 Å². The summed E-state index contributed by atoms with van der Waals surface area (Å²) < 4.78 is 117. The summed E-state index contributed by atoms with van der Waals surface area (Å²) in [6.07, 6.45) is -8.60. The molecule has 6 aliphatic rings. The highest BCUT2D eigenvalue weighted by molar-refractivity contribution is 6.33. The first-order valence-electron chi connectivity index (χ1n) is 35.3. The fraction of sp³-hybridized carbons (Fsp3) is 0.316. The van der Waals surface area contributed by atoms with E-state index in [2.05, 4.69) is 60.8 Å². The average molecular weight is 1550 g/mol. The van der Waals surface area contributed by atoms with E-state index < -0.39 is 67.4 Å². The highest BCUT2D eigenvalue weighted by Crippen LogP contribution is 2.48. The molecule has 1 unspecified atom stereocenters. The molecule has 13 heterocycles. The number of rotatable bonds is 15. The van der Waals surface area contributed by atoms with Crippen LogP contribution in [0, 0.1) is 20.8 Å². The highest BCUT2D eigenvalue weighted by atomic mass is 35.5. The zero-order valence-electron chi connectivity index (χ0n) is 59.5. The number of pyridine rings is 6. The van der Waals surface area contributed by atoms with Gasteiger partial charge in [0.25, 0.3) is 6.43 Å². The zero-order valence-corrected chi connectivity index (χ0v) is 60.2. The van der Waals surface area contributed by atoms with E-state index in [1.807, 2.05) is 39.0 Å². The number of hydrogen-bond donors (Lipinski definition) is 8. The number of halogens is 9.